The summed E-state index contributed by atoms with van der Waals surface area (Å²) in [5, 5.41) is 3.54. The molecule has 0 saturated heterocycles. The van der Waals surface area contributed by atoms with E-state index in [1.165, 1.54) is 11.3 Å². The van der Waals surface area contributed by atoms with Gasteiger partial charge in [-0.3, -0.25) is 0 Å². The summed E-state index contributed by atoms with van der Waals surface area (Å²) in [6.07, 6.45) is 0. The highest BCUT2D eigenvalue weighted by Gasteiger charge is 2.11. The molecule has 0 bridgehead atoms. The summed E-state index contributed by atoms with van der Waals surface area (Å²) in [6, 6.07) is 5.68. The number of thiophene rings is 1. The van der Waals surface area contributed by atoms with Crippen LogP contribution in [0.1, 0.15) is 11.1 Å². The van der Waals surface area contributed by atoms with Gasteiger partial charge in [-0.2, -0.15) is 4.98 Å². The van der Waals surface area contributed by atoms with Crippen LogP contribution in [-0.4, -0.2) is 9.97 Å². The molecular weight excluding hydrogens is 294 g/mol. The van der Waals surface area contributed by atoms with Crippen LogP contribution in [0.5, 0.6) is 11.6 Å². The van der Waals surface area contributed by atoms with E-state index in [1.807, 2.05) is 37.4 Å². The Morgan fingerprint density at radius 3 is 2.60 bits per heavy atom. The van der Waals surface area contributed by atoms with Gasteiger partial charge < -0.3 is 10.5 Å². The number of hydrogen-bond donors (Lipinski definition) is 1. The van der Waals surface area contributed by atoms with Crippen LogP contribution in [0.3, 0.4) is 0 Å². The number of halogens is 1. The Labute approximate surface area is 125 Å². The van der Waals surface area contributed by atoms with Gasteiger partial charge in [0.2, 0.25) is 11.8 Å². The molecule has 0 atom stereocenters. The van der Waals surface area contributed by atoms with E-state index >= 15 is 0 Å². The van der Waals surface area contributed by atoms with Gasteiger partial charge in [0.25, 0.3) is 0 Å². The van der Waals surface area contributed by atoms with Crippen LogP contribution < -0.4 is 10.5 Å². The van der Waals surface area contributed by atoms with Gasteiger partial charge in [-0.05, 0) is 48.6 Å². The van der Waals surface area contributed by atoms with Crippen LogP contribution >= 0.6 is 22.9 Å². The summed E-state index contributed by atoms with van der Waals surface area (Å²) in [5.74, 6) is 1.36. The summed E-state index contributed by atoms with van der Waals surface area (Å²) in [5.41, 5.74) is 7.63. The Bertz CT molecular complexity index is 777. The zero-order chi connectivity index (χ0) is 14.3. The Kier molecular flexibility index (Phi) is 3.23. The number of aromatic nitrogens is 2. The van der Waals surface area contributed by atoms with Gasteiger partial charge in [-0.25, -0.2) is 4.98 Å². The van der Waals surface area contributed by atoms with Crippen molar-refractivity contribution in [3.8, 4) is 11.6 Å². The minimum Gasteiger partial charge on any atom is -0.438 e. The lowest BCUT2D eigenvalue weighted by molar-refractivity contribution is 0.468. The Balaban J connectivity index is 2.07. The SMILES string of the molecule is Cc1cc(Oc2nc(N)nc3sccc23)cc(C)c1Cl. The second-order valence-electron chi connectivity index (χ2n) is 4.50. The third kappa shape index (κ3) is 2.30. The number of anilines is 1. The first-order valence-corrected chi connectivity index (χ1v) is 7.25. The lowest BCUT2D eigenvalue weighted by Crippen LogP contribution is -1.97. The predicted octanol–water partition coefficient (Wildman–Crippen LogP) is 4.34. The van der Waals surface area contributed by atoms with E-state index in [2.05, 4.69) is 9.97 Å². The largest absolute Gasteiger partial charge is 0.438 e. The number of nitrogen functional groups attached to an aromatic ring is 1. The fourth-order valence-electron chi connectivity index (χ4n) is 2.00. The smallest absolute Gasteiger partial charge is 0.232 e. The Morgan fingerprint density at radius 2 is 1.90 bits per heavy atom. The van der Waals surface area contributed by atoms with Crippen molar-refractivity contribution in [2.75, 3.05) is 5.73 Å². The molecule has 6 heteroatoms. The quantitative estimate of drug-likeness (QED) is 0.765. The molecule has 4 nitrogen and oxygen atoms in total. The highest BCUT2D eigenvalue weighted by Crippen LogP contribution is 2.33. The number of nitrogens with zero attached hydrogens (tertiary/aromatic N) is 2. The zero-order valence-corrected chi connectivity index (χ0v) is 12.5. The molecule has 0 fully saturated rings. The number of ether oxygens (including phenoxy) is 1. The Morgan fingerprint density at radius 1 is 1.20 bits per heavy atom. The van der Waals surface area contributed by atoms with Gasteiger partial charge in [-0.15, -0.1) is 11.3 Å². The van der Waals surface area contributed by atoms with Crippen LogP contribution in [0, 0.1) is 13.8 Å². The first-order valence-electron chi connectivity index (χ1n) is 6.00. The zero-order valence-electron chi connectivity index (χ0n) is 11.0. The van der Waals surface area contributed by atoms with Crippen molar-refractivity contribution in [2.45, 2.75) is 13.8 Å². The van der Waals surface area contributed by atoms with Crippen LogP contribution in [0.15, 0.2) is 23.6 Å². The standard InChI is InChI=1S/C14H12ClN3OS/c1-7-5-9(6-8(2)11(7)15)19-12-10-3-4-20-13(10)18-14(16)17-12/h3-6H,1-2H3,(H2,16,17,18). The van der Waals surface area contributed by atoms with E-state index in [9.17, 15) is 0 Å². The molecule has 2 heterocycles. The van der Waals surface area contributed by atoms with Crippen LogP contribution in [0.2, 0.25) is 5.02 Å². The molecule has 3 rings (SSSR count). The number of nitrogens with two attached hydrogens (primary N) is 1. The monoisotopic (exact) mass is 305 g/mol. The first kappa shape index (κ1) is 13.1. The number of rotatable bonds is 2. The molecule has 0 unspecified atom stereocenters. The third-order valence-corrected chi connectivity index (χ3v) is 4.33. The summed E-state index contributed by atoms with van der Waals surface area (Å²) < 4.78 is 5.86. The van der Waals surface area contributed by atoms with E-state index in [-0.39, 0.29) is 5.95 Å². The number of benzene rings is 1. The first-order chi connectivity index (χ1) is 9.54. The molecule has 0 aliphatic rings. The normalized spacial score (nSPS) is 10.9. The topological polar surface area (TPSA) is 61.0 Å². The molecule has 0 spiro atoms. The summed E-state index contributed by atoms with van der Waals surface area (Å²) in [7, 11) is 0. The second-order valence-corrected chi connectivity index (χ2v) is 5.77. The van der Waals surface area contributed by atoms with Crippen molar-refractivity contribution in [2.24, 2.45) is 0 Å². The van der Waals surface area contributed by atoms with E-state index in [1.54, 1.807) is 0 Å². The van der Waals surface area contributed by atoms with Gasteiger partial charge in [-0.1, -0.05) is 11.6 Å². The molecule has 0 radical (unpaired) electrons. The summed E-state index contributed by atoms with van der Waals surface area (Å²) in [4.78, 5) is 9.15. The maximum absolute atomic E-state index is 6.16. The highest BCUT2D eigenvalue weighted by atomic mass is 35.5. The molecule has 20 heavy (non-hydrogen) atoms. The van der Waals surface area contributed by atoms with Crippen LogP contribution in [0.4, 0.5) is 5.95 Å². The van der Waals surface area contributed by atoms with E-state index in [4.69, 9.17) is 22.1 Å². The van der Waals surface area contributed by atoms with Gasteiger partial charge in [0.05, 0.1) is 5.39 Å². The van der Waals surface area contributed by atoms with Crippen LogP contribution in [0.25, 0.3) is 10.2 Å². The number of hydrogen-bond acceptors (Lipinski definition) is 5. The molecular formula is C14H12ClN3OS. The molecule has 2 aromatic heterocycles. The fraction of sp³-hybridized carbons (Fsp3) is 0.143. The van der Waals surface area contributed by atoms with Crippen molar-refractivity contribution in [3.05, 3.63) is 39.7 Å². The maximum Gasteiger partial charge on any atom is 0.232 e. The molecule has 0 aliphatic heterocycles. The van der Waals surface area contributed by atoms with Gasteiger partial charge in [0, 0.05) is 5.02 Å². The maximum atomic E-state index is 6.16. The minimum atomic E-state index is 0.206. The number of fused-ring (bicyclic) bond motifs is 1. The molecule has 2 N–H and O–H groups in total. The van der Waals surface area contributed by atoms with Crippen molar-refractivity contribution < 1.29 is 4.74 Å². The van der Waals surface area contributed by atoms with Crippen molar-refractivity contribution in [1.29, 1.82) is 0 Å². The molecule has 1 aromatic carbocycles. The van der Waals surface area contributed by atoms with Gasteiger partial charge in [0.15, 0.2) is 0 Å². The lowest BCUT2D eigenvalue weighted by Gasteiger charge is -2.10. The van der Waals surface area contributed by atoms with Gasteiger partial charge >= 0.3 is 0 Å². The molecule has 3 aromatic rings. The fourth-order valence-corrected chi connectivity index (χ4v) is 2.87. The number of aryl methyl sites for hydroxylation is 2. The molecule has 0 amide bonds. The van der Waals surface area contributed by atoms with Crippen molar-refractivity contribution in [3.63, 3.8) is 0 Å². The Hall–Kier alpha value is -1.85. The summed E-state index contributed by atoms with van der Waals surface area (Å²) >= 11 is 7.66. The average molecular weight is 306 g/mol. The lowest BCUT2D eigenvalue weighted by atomic mass is 10.1. The van der Waals surface area contributed by atoms with Gasteiger partial charge in [0.1, 0.15) is 10.6 Å². The predicted molar refractivity (Wildman–Crippen MR) is 82.8 cm³/mol. The van der Waals surface area contributed by atoms with E-state index in [0.29, 0.717) is 11.6 Å². The second kappa shape index (κ2) is 4.92. The average Bonchev–Trinajstić information content (AvgIpc) is 2.84. The third-order valence-electron chi connectivity index (χ3n) is 2.93. The minimum absolute atomic E-state index is 0.206. The molecule has 102 valence electrons. The van der Waals surface area contributed by atoms with E-state index < -0.39 is 0 Å². The summed E-state index contributed by atoms with van der Waals surface area (Å²) in [6.45, 7) is 3.88. The highest BCUT2D eigenvalue weighted by molar-refractivity contribution is 7.16. The van der Waals surface area contributed by atoms with Crippen molar-refractivity contribution in [1.82, 2.24) is 9.97 Å². The van der Waals surface area contributed by atoms with E-state index in [0.717, 1.165) is 26.4 Å². The van der Waals surface area contributed by atoms with Crippen molar-refractivity contribution >= 4 is 39.1 Å². The molecule has 0 aliphatic carbocycles. The molecule has 0 saturated carbocycles. The van der Waals surface area contributed by atoms with Crippen LogP contribution in [-0.2, 0) is 0 Å².